The summed E-state index contributed by atoms with van der Waals surface area (Å²) in [5.74, 6) is 1.05. The molecule has 20 heavy (non-hydrogen) atoms. The minimum absolute atomic E-state index is 0.767. The first-order chi connectivity index (χ1) is 9.81. The molecule has 0 amide bonds. The molecule has 4 nitrogen and oxygen atoms in total. The van der Waals surface area contributed by atoms with Crippen molar-refractivity contribution in [2.75, 3.05) is 6.54 Å². The van der Waals surface area contributed by atoms with Crippen LogP contribution < -0.4 is 5.73 Å². The Bertz CT molecular complexity index is 730. The molecule has 0 saturated heterocycles. The fourth-order valence-corrected chi connectivity index (χ4v) is 2.73. The van der Waals surface area contributed by atoms with Crippen LogP contribution in [0.15, 0.2) is 30.3 Å². The molecule has 104 valence electrons. The molecular weight excluding hydrogens is 248 g/mol. The van der Waals surface area contributed by atoms with Gasteiger partial charge in [-0.05, 0) is 44.0 Å². The number of hydrogen-bond acceptors (Lipinski definition) is 3. The zero-order chi connectivity index (χ0) is 13.9. The van der Waals surface area contributed by atoms with Crippen LogP contribution in [0.3, 0.4) is 0 Å². The summed E-state index contributed by atoms with van der Waals surface area (Å²) in [6, 6.07) is 10.6. The number of aromatic nitrogens is 3. The molecule has 0 aliphatic carbocycles. The van der Waals surface area contributed by atoms with Crippen molar-refractivity contribution in [1.29, 1.82) is 0 Å². The van der Waals surface area contributed by atoms with E-state index in [9.17, 15) is 0 Å². The van der Waals surface area contributed by atoms with Gasteiger partial charge in [-0.3, -0.25) is 4.40 Å². The first-order valence-electron chi connectivity index (χ1n) is 7.23. The third kappa shape index (κ3) is 2.27. The van der Waals surface area contributed by atoms with Gasteiger partial charge >= 0.3 is 0 Å². The van der Waals surface area contributed by atoms with Gasteiger partial charge < -0.3 is 5.73 Å². The van der Waals surface area contributed by atoms with Crippen LogP contribution in [0, 0.1) is 6.92 Å². The van der Waals surface area contributed by atoms with Crippen LogP contribution in [-0.2, 0) is 6.42 Å². The summed E-state index contributed by atoms with van der Waals surface area (Å²) in [4.78, 5) is 0. The van der Waals surface area contributed by atoms with Gasteiger partial charge in [-0.1, -0.05) is 24.6 Å². The summed E-state index contributed by atoms with van der Waals surface area (Å²) >= 11 is 0. The number of aryl methyl sites for hydroxylation is 2. The number of nitrogens with two attached hydrogens (primary N) is 1. The maximum absolute atomic E-state index is 5.54. The molecule has 3 aromatic rings. The molecule has 4 heteroatoms. The molecule has 0 bridgehead atoms. The molecule has 0 saturated carbocycles. The Balaban J connectivity index is 2.04. The van der Waals surface area contributed by atoms with Crippen molar-refractivity contribution >= 4 is 16.6 Å². The lowest BCUT2D eigenvalue weighted by Crippen LogP contribution is -2.00. The van der Waals surface area contributed by atoms with Gasteiger partial charge in [-0.25, -0.2) is 0 Å². The van der Waals surface area contributed by atoms with Crippen LogP contribution in [-0.4, -0.2) is 21.1 Å². The highest BCUT2D eigenvalue weighted by Gasteiger charge is 2.10. The van der Waals surface area contributed by atoms with E-state index < -0.39 is 0 Å². The second kappa shape index (κ2) is 5.59. The van der Waals surface area contributed by atoms with Crippen LogP contribution >= 0.6 is 0 Å². The normalized spacial score (nSPS) is 11.5. The number of rotatable bonds is 5. The van der Waals surface area contributed by atoms with E-state index in [4.69, 9.17) is 5.73 Å². The minimum atomic E-state index is 0.767. The zero-order valence-corrected chi connectivity index (χ0v) is 11.8. The minimum Gasteiger partial charge on any atom is -0.330 e. The Labute approximate surface area is 118 Å². The molecule has 1 aromatic carbocycles. The van der Waals surface area contributed by atoms with E-state index in [1.54, 1.807) is 0 Å². The largest absolute Gasteiger partial charge is 0.330 e. The molecule has 0 unspecified atom stereocenters. The second-order valence-corrected chi connectivity index (χ2v) is 5.25. The van der Waals surface area contributed by atoms with E-state index in [1.807, 2.05) is 0 Å². The van der Waals surface area contributed by atoms with Gasteiger partial charge in [0.1, 0.15) is 5.82 Å². The lowest BCUT2D eigenvalue weighted by molar-refractivity contribution is 0.667. The van der Waals surface area contributed by atoms with Gasteiger partial charge in [0.05, 0.1) is 5.52 Å². The summed E-state index contributed by atoms with van der Waals surface area (Å²) in [5.41, 5.74) is 8.92. The third-order valence-electron chi connectivity index (χ3n) is 3.78. The van der Waals surface area contributed by atoms with Crippen molar-refractivity contribution in [3.05, 3.63) is 41.7 Å². The van der Waals surface area contributed by atoms with E-state index in [1.165, 1.54) is 16.5 Å². The number of pyridine rings is 1. The number of fused-ring (bicyclic) bond motifs is 3. The molecule has 0 aliphatic rings. The fraction of sp³-hybridized carbons (Fsp3) is 0.375. The number of para-hydroxylation sites is 1. The molecule has 2 aromatic heterocycles. The lowest BCUT2D eigenvalue weighted by Gasteiger charge is -2.07. The summed E-state index contributed by atoms with van der Waals surface area (Å²) in [7, 11) is 0. The van der Waals surface area contributed by atoms with Gasteiger partial charge in [0, 0.05) is 11.8 Å². The highest BCUT2D eigenvalue weighted by molar-refractivity contribution is 5.85. The molecule has 3 rings (SSSR count). The monoisotopic (exact) mass is 268 g/mol. The van der Waals surface area contributed by atoms with Gasteiger partial charge in [-0.15, -0.1) is 10.2 Å². The maximum Gasteiger partial charge on any atom is 0.161 e. The van der Waals surface area contributed by atoms with Crippen molar-refractivity contribution in [1.82, 2.24) is 14.6 Å². The summed E-state index contributed by atoms with van der Waals surface area (Å²) < 4.78 is 2.19. The van der Waals surface area contributed by atoms with Crippen LogP contribution in [0.5, 0.6) is 0 Å². The summed E-state index contributed by atoms with van der Waals surface area (Å²) in [5, 5.41) is 9.95. The molecular formula is C16H20N4. The standard InChI is InChI=1S/C16H20N4/c1-12-11-16-19-18-15(9-3-2-6-10-17)20(16)14-8-5-4-7-13(12)14/h4-5,7-8,11H,2-3,6,9-10,17H2,1H3. The highest BCUT2D eigenvalue weighted by atomic mass is 15.2. The van der Waals surface area contributed by atoms with Crippen molar-refractivity contribution in [3.8, 4) is 0 Å². The fourth-order valence-electron chi connectivity index (χ4n) is 2.73. The lowest BCUT2D eigenvalue weighted by atomic mass is 10.1. The smallest absolute Gasteiger partial charge is 0.161 e. The number of unbranched alkanes of at least 4 members (excludes halogenated alkanes) is 2. The number of hydrogen-bond donors (Lipinski definition) is 1. The molecule has 2 heterocycles. The van der Waals surface area contributed by atoms with Gasteiger partial charge in [0.15, 0.2) is 5.65 Å². The van der Waals surface area contributed by atoms with Gasteiger partial charge in [-0.2, -0.15) is 0 Å². The molecule has 0 radical (unpaired) electrons. The van der Waals surface area contributed by atoms with Crippen molar-refractivity contribution in [2.45, 2.75) is 32.6 Å². The van der Waals surface area contributed by atoms with Gasteiger partial charge in [0.25, 0.3) is 0 Å². The first-order valence-corrected chi connectivity index (χ1v) is 7.23. The van der Waals surface area contributed by atoms with Crippen molar-refractivity contribution < 1.29 is 0 Å². The Morgan fingerprint density at radius 2 is 1.95 bits per heavy atom. The topological polar surface area (TPSA) is 56.2 Å². The Hall–Kier alpha value is -1.94. The van der Waals surface area contributed by atoms with Crippen LogP contribution in [0.1, 0.15) is 30.7 Å². The first kappa shape index (κ1) is 13.1. The highest BCUT2D eigenvalue weighted by Crippen LogP contribution is 2.22. The quantitative estimate of drug-likeness (QED) is 0.724. The van der Waals surface area contributed by atoms with Crippen LogP contribution in [0.2, 0.25) is 0 Å². The number of benzene rings is 1. The molecule has 0 atom stereocenters. The van der Waals surface area contributed by atoms with Gasteiger partial charge in [0.2, 0.25) is 0 Å². The summed E-state index contributed by atoms with van der Waals surface area (Å²) in [6.07, 6.45) is 4.29. The van der Waals surface area contributed by atoms with Crippen molar-refractivity contribution in [2.24, 2.45) is 5.73 Å². The average molecular weight is 268 g/mol. The number of nitrogens with zero attached hydrogens (tertiary/aromatic N) is 3. The van der Waals surface area contributed by atoms with E-state index >= 15 is 0 Å². The predicted molar refractivity (Wildman–Crippen MR) is 81.8 cm³/mol. The Morgan fingerprint density at radius 1 is 1.10 bits per heavy atom. The Kier molecular flexibility index (Phi) is 3.65. The predicted octanol–water partition coefficient (Wildman–Crippen LogP) is 2.86. The Morgan fingerprint density at radius 3 is 2.80 bits per heavy atom. The molecule has 0 spiro atoms. The van der Waals surface area contributed by atoms with E-state index in [0.29, 0.717) is 0 Å². The molecule has 2 N–H and O–H groups in total. The van der Waals surface area contributed by atoms with E-state index in [2.05, 4.69) is 51.9 Å². The van der Waals surface area contributed by atoms with Crippen LogP contribution in [0.25, 0.3) is 16.6 Å². The van der Waals surface area contributed by atoms with E-state index in [-0.39, 0.29) is 0 Å². The zero-order valence-electron chi connectivity index (χ0n) is 11.8. The second-order valence-electron chi connectivity index (χ2n) is 5.25. The van der Waals surface area contributed by atoms with Crippen molar-refractivity contribution in [3.63, 3.8) is 0 Å². The summed E-state index contributed by atoms with van der Waals surface area (Å²) in [6.45, 7) is 2.89. The SMILES string of the molecule is Cc1cc2nnc(CCCCCN)n2c2ccccc12. The average Bonchev–Trinajstić information content (AvgIpc) is 2.87. The van der Waals surface area contributed by atoms with Crippen LogP contribution in [0.4, 0.5) is 0 Å². The molecule has 0 aliphatic heterocycles. The third-order valence-corrected chi connectivity index (χ3v) is 3.78. The maximum atomic E-state index is 5.54. The molecule has 0 fully saturated rings. The van der Waals surface area contributed by atoms with E-state index in [0.717, 1.165) is 43.7 Å².